The highest BCUT2D eigenvalue weighted by molar-refractivity contribution is 7.92. The summed E-state index contributed by atoms with van der Waals surface area (Å²) in [5.41, 5.74) is 7.03. The second-order valence-electron chi connectivity index (χ2n) is 5.06. The maximum atomic E-state index is 11.7. The summed E-state index contributed by atoms with van der Waals surface area (Å²) in [6, 6.07) is 7.39. The zero-order chi connectivity index (χ0) is 15.2. The maximum Gasteiger partial charge on any atom is 0.239 e. The third kappa shape index (κ3) is 5.71. The van der Waals surface area contributed by atoms with Crippen LogP contribution in [0.2, 0.25) is 0 Å². The number of hydrogen-bond acceptors (Lipinski definition) is 4. The van der Waals surface area contributed by atoms with Crippen LogP contribution in [0.5, 0.6) is 0 Å². The largest absolute Gasteiger partial charge is 0.330 e. The van der Waals surface area contributed by atoms with Crippen molar-refractivity contribution in [3.05, 3.63) is 29.8 Å². The second-order valence-corrected chi connectivity index (χ2v) is 7.24. The van der Waals surface area contributed by atoms with Gasteiger partial charge in [0, 0.05) is 5.69 Å². The molecule has 1 aromatic carbocycles. The van der Waals surface area contributed by atoms with Crippen molar-refractivity contribution in [3.63, 3.8) is 0 Å². The minimum Gasteiger partial charge on any atom is -0.330 e. The fraction of sp³-hybridized carbons (Fsp3) is 0.500. The average Bonchev–Trinajstić information content (AvgIpc) is 2.36. The van der Waals surface area contributed by atoms with E-state index in [1.165, 1.54) is 5.56 Å². The second kappa shape index (κ2) is 7.40. The average molecular weight is 298 g/mol. The van der Waals surface area contributed by atoms with E-state index < -0.39 is 21.5 Å². The molecule has 0 aliphatic heterocycles. The molecule has 0 unspecified atom stereocenters. The van der Waals surface area contributed by atoms with Crippen molar-refractivity contribution in [1.29, 1.82) is 0 Å². The number of anilines is 1. The Bertz CT molecular complexity index is 536. The molecule has 0 fully saturated rings. The van der Waals surface area contributed by atoms with Crippen LogP contribution in [0.1, 0.15) is 31.7 Å². The van der Waals surface area contributed by atoms with E-state index in [1.807, 2.05) is 12.1 Å². The Balaban J connectivity index is 2.58. The van der Waals surface area contributed by atoms with Crippen molar-refractivity contribution < 1.29 is 13.2 Å². The van der Waals surface area contributed by atoms with E-state index in [0.717, 1.165) is 0 Å². The van der Waals surface area contributed by atoms with Crippen LogP contribution in [-0.2, 0) is 14.6 Å². The van der Waals surface area contributed by atoms with Crippen LogP contribution in [0.4, 0.5) is 5.69 Å². The first-order valence-corrected chi connectivity index (χ1v) is 8.46. The Kier molecular flexibility index (Phi) is 6.16. The van der Waals surface area contributed by atoms with Gasteiger partial charge in [-0.25, -0.2) is 8.42 Å². The van der Waals surface area contributed by atoms with Gasteiger partial charge in [0.25, 0.3) is 0 Å². The third-order valence-corrected chi connectivity index (χ3v) is 4.48. The molecule has 6 heteroatoms. The monoisotopic (exact) mass is 298 g/mol. The number of sulfone groups is 1. The van der Waals surface area contributed by atoms with Crippen molar-refractivity contribution in [3.8, 4) is 0 Å². The number of amides is 1. The van der Waals surface area contributed by atoms with Crippen LogP contribution in [0.3, 0.4) is 0 Å². The molecule has 1 amide bonds. The van der Waals surface area contributed by atoms with E-state index in [0.29, 0.717) is 24.6 Å². The molecule has 0 atom stereocenters. The molecule has 0 saturated heterocycles. The normalized spacial score (nSPS) is 11.6. The molecule has 20 heavy (non-hydrogen) atoms. The predicted octanol–water partition coefficient (Wildman–Crippen LogP) is 1.51. The summed E-state index contributed by atoms with van der Waals surface area (Å²) in [6.07, 6.45) is 0.374. The molecule has 0 heterocycles. The number of benzene rings is 1. The van der Waals surface area contributed by atoms with E-state index in [2.05, 4.69) is 19.2 Å². The summed E-state index contributed by atoms with van der Waals surface area (Å²) < 4.78 is 23.2. The molecule has 0 aliphatic carbocycles. The lowest BCUT2D eigenvalue weighted by atomic mass is 10.0. The molecule has 1 aromatic rings. The Labute approximate surface area is 120 Å². The zero-order valence-corrected chi connectivity index (χ0v) is 12.7. The standard InChI is InChI=1S/C14H22N2O3S/c1-11(2)12-4-6-13(7-5-12)16-14(17)10-20(18,19)9-3-8-15/h4-7,11H,3,8-10,15H2,1-2H3,(H,16,17). The summed E-state index contributed by atoms with van der Waals surface area (Å²) in [5.74, 6) is -0.655. The first-order chi connectivity index (χ1) is 9.34. The highest BCUT2D eigenvalue weighted by atomic mass is 32.2. The van der Waals surface area contributed by atoms with Gasteiger partial charge in [-0.1, -0.05) is 26.0 Å². The van der Waals surface area contributed by atoms with E-state index >= 15 is 0 Å². The zero-order valence-electron chi connectivity index (χ0n) is 11.9. The SMILES string of the molecule is CC(C)c1ccc(NC(=O)CS(=O)(=O)CCCN)cc1. The van der Waals surface area contributed by atoms with Gasteiger partial charge in [0.1, 0.15) is 5.75 Å². The highest BCUT2D eigenvalue weighted by Crippen LogP contribution is 2.17. The van der Waals surface area contributed by atoms with Crippen LogP contribution in [0.15, 0.2) is 24.3 Å². The summed E-state index contributed by atoms with van der Waals surface area (Å²) in [5, 5.41) is 2.59. The van der Waals surface area contributed by atoms with Crippen LogP contribution < -0.4 is 11.1 Å². The van der Waals surface area contributed by atoms with Gasteiger partial charge in [0.15, 0.2) is 9.84 Å². The Hall–Kier alpha value is -1.40. The number of hydrogen-bond donors (Lipinski definition) is 2. The molecule has 0 bridgehead atoms. The molecule has 0 aliphatic rings. The number of carbonyl (C=O) groups excluding carboxylic acids is 1. The lowest BCUT2D eigenvalue weighted by Crippen LogP contribution is -2.25. The molecule has 0 aromatic heterocycles. The molecular formula is C14H22N2O3S. The van der Waals surface area contributed by atoms with E-state index in [-0.39, 0.29) is 5.75 Å². The van der Waals surface area contributed by atoms with Crippen LogP contribution in [-0.4, -0.2) is 32.4 Å². The van der Waals surface area contributed by atoms with Gasteiger partial charge >= 0.3 is 0 Å². The molecule has 0 saturated carbocycles. The van der Waals surface area contributed by atoms with E-state index in [4.69, 9.17) is 5.73 Å². The molecule has 5 nitrogen and oxygen atoms in total. The Morgan fingerprint density at radius 3 is 2.35 bits per heavy atom. The highest BCUT2D eigenvalue weighted by Gasteiger charge is 2.16. The molecule has 0 spiro atoms. The van der Waals surface area contributed by atoms with Gasteiger partial charge in [0.05, 0.1) is 5.75 Å². The quantitative estimate of drug-likeness (QED) is 0.798. The third-order valence-electron chi connectivity index (χ3n) is 2.87. The van der Waals surface area contributed by atoms with Crippen molar-refractivity contribution in [1.82, 2.24) is 0 Å². The maximum absolute atomic E-state index is 11.7. The van der Waals surface area contributed by atoms with Crippen molar-refractivity contribution in [2.75, 3.05) is 23.4 Å². The van der Waals surface area contributed by atoms with E-state index in [9.17, 15) is 13.2 Å². The molecular weight excluding hydrogens is 276 g/mol. The summed E-state index contributed by atoms with van der Waals surface area (Å²) in [6.45, 7) is 4.47. The van der Waals surface area contributed by atoms with Crippen LogP contribution >= 0.6 is 0 Å². The summed E-state index contributed by atoms with van der Waals surface area (Å²) in [7, 11) is -3.38. The first kappa shape index (κ1) is 16.7. The van der Waals surface area contributed by atoms with Crippen molar-refractivity contribution in [2.45, 2.75) is 26.2 Å². The van der Waals surface area contributed by atoms with E-state index in [1.54, 1.807) is 12.1 Å². The fourth-order valence-electron chi connectivity index (χ4n) is 1.72. The van der Waals surface area contributed by atoms with Gasteiger partial charge in [-0.05, 0) is 36.6 Å². The van der Waals surface area contributed by atoms with Crippen molar-refractivity contribution >= 4 is 21.4 Å². The van der Waals surface area contributed by atoms with Crippen molar-refractivity contribution in [2.24, 2.45) is 5.73 Å². The molecule has 1 rings (SSSR count). The lowest BCUT2D eigenvalue weighted by molar-refractivity contribution is -0.113. The molecule has 3 N–H and O–H groups in total. The van der Waals surface area contributed by atoms with Crippen LogP contribution in [0, 0.1) is 0 Å². The van der Waals surface area contributed by atoms with Crippen LogP contribution in [0.25, 0.3) is 0 Å². The van der Waals surface area contributed by atoms with Gasteiger partial charge in [0.2, 0.25) is 5.91 Å². The summed E-state index contributed by atoms with van der Waals surface area (Å²) >= 11 is 0. The Morgan fingerprint density at radius 2 is 1.85 bits per heavy atom. The van der Waals surface area contributed by atoms with Gasteiger partial charge in [-0.15, -0.1) is 0 Å². The first-order valence-electron chi connectivity index (χ1n) is 6.64. The predicted molar refractivity (Wildman–Crippen MR) is 81.5 cm³/mol. The van der Waals surface area contributed by atoms with Gasteiger partial charge in [-0.2, -0.15) is 0 Å². The number of nitrogens with two attached hydrogens (primary N) is 1. The Morgan fingerprint density at radius 1 is 1.25 bits per heavy atom. The number of carbonyl (C=O) groups is 1. The minimum atomic E-state index is -3.38. The lowest BCUT2D eigenvalue weighted by Gasteiger charge is -2.08. The number of rotatable bonds is 7. The van der Waals surface area contributed by atoms with Gasteiger partial charge < -0.3 is 11.1 Å². The minimum absolute atomic E-state index is 0.0524. The molecule has 0 radical (unpaired) electrons. The molecule has 112 valence electrons. The topological polar surface area (TPSA) is 89.3 Å². The van der Waals surface area contributed by atoms with Gasteiger partial charge in [-0.3, -0.25) is 4.79 Å². The smallest absolute Gasteiger partial charge is 0.239 e. The number of nitrogens with one attached hydrogen (secondary N) is 1. The fourth-order valence-corrected chi connectivity index (χ4v) is 2.95. The summed E-state index contributed by atoms with van der Waals surface area (Å²) in [4.78, 5) is 11.7.